The second-order valence-electron chi connectivity index (χ2n) is 4.41. The van der Waals surface area contributed by atoms with Crippen LogP contribution in [0.15, 0.2) is 30.3 Å². The Morgan fingerprint density at radius 2 is 1.75 bits per heavy atom. The van der Waals surface area contributed by atoms with E-state index in [4.69, 9.17) is 16.3 Å². The topological polar surface area (TPSA) is 29.5 Å². The van der Waals surface area contributed by atoms with Gasteiger partial charge in [0.05, 0.1) is 12.7 Å². The summed E-state index contributed by atoms with van der Waals surface area (Å²) >= 11 is 5.82. The minimum absolute atomic E-state index is 0.0591. The van der Waals surface area contributed by atoms with Crippen LogP contribution in [-0.4, -0.2) is 12.2 Å². The van der Waals surface area contributed by atoms with Gasteiger partial charge in [0.25, 0.3) is 0 Å². The van der Waals surface area contributed by atoms with E-state index >= 15 is 0 Å². The number of benzene rings is 2. The highest BCUT2D eigenvalue weighted by molar-refractivity contribution is 6.30. The van der Waals surface area contributed by atoms with Crippen molar-refractivity contribution in [2.75, 3.05) is 7.11 Å². The van der Waals surface area contributed by atoms with Crippen molar-refractivity contribution in [1.29, 1.82) is 0 Å². The van der Waals surface area contributed by atoms with Gasteiger partial charge < -0.3 is 9.84 Å². The summed E-state index contributed by atoms with van der Waals surface area (Å²) in [5.74, 6) is -1.66. The molecule has 2 aromatic rings. The van der Waals surface area contributed by atoms with Crippen LogP contribution in [0.4, 0.5) is 8.78 Å². The van der Waals surface area contributed by atoms with Crippen LogP contribution in [0.3, 0.4) is 0 Å². The van der Waals surface area contributed by atoms with Gasteiger partial charge in [0.15, 0.2) is 0 Å². The first-order valence-electron chi connectivity index (χ1n) is 5.91. The summed E-state index contributed by atoms with van der Waals surface area (Å²) < 4.78 is 32.7. The number of aliphatic hydroxyl groups is 1. The molecule has 0 aliphatic carbocycles. The van der Waals surface area contributed by atoms with E-state index in [0.717, 1.165) is 12.1 Å². The quantitative estimate of drug-likeness (QED) is 0.927. The minimum Gasteiger partial charge on any atom is -0.497 e. The molecule has 0 spiro atoms. The first-order chi connectivity index (χ1) is 9.43. The Labute approximate surface area is 120 Å². The lowest BCUT2D eigenvalue weighted by Crippen LogP contribution is -2.08. The van der Waals surface area contributed by atoms with E-state index in [2.05, 4.69) is 0 Å². The van der Waals surface area contributed by atoms with Crippen LogP contribution in [0.25, 0.3) is 0 Å². The second-order valence-corrected chi connectivity index (χ2v) is 4.84. The Morgan fingerprint density at radius 1 is 1.15 bits per heavy atom. The van der Waals surface area contributed by atoms with Gasteiger partial charge in [-0.1, -0.05) is 17.7 Å². The Morgan fingerprint density at radius 3 is 2.25 bits per heavy atom. The molecule has 2 rings (SSSR count). The van der Waals surface area contributed by atoms with Crippen molar-refractivity contribution in [1.82, 2.24) is 0 Å². The lowest BCUT2D eigenvalue weighted by atomic mass is 9.96. The van der Waals surface area contributed by atoms with Crippen LogP contribution in [0.1, 0.15) is 22.8 Å². The number of methoxy groups -OCH3 is 1. The maximum absolute atomic E-state index is 13.9. The Balaban J connectivity index is 2.50. The number of halogens is 3. The molecular weight excluding hydrogens is 286 g/mol. The van der Waals surface area contributed by atoms with Crippen LogP contribution in [0.5, 0.6) is 5.75 Å². The third-order valence-corrected chi connectivity index (χ3v) is 3.32. The molecule has 0 aliphatic heterocycles. The smallest absolute Gasteiger partial charge is 0.135 e. The van der Waals surface area contributed by atoms with Gasteiger partial charge >= 0.3 is 0 Å². The van der Waals surface area contributed by atoms with Gasteiger partial charge in [0, 0.05) is 17.2 Å². The van der Waals surface area contributed by atoms with Crippen LogP contribution in [0, 0.1) is 18.6 Å². The molecule has 1 unspecified atom stereocenters. The summed E-state index contributed by atoms with van der Waals surface area (Å²) in [6, 6.07) is 6.80. The summed E-state index contributed by atoms with van der Waals surface area (Å²) in [7, 11) is 1.31. The van der Waals surface area contributed by atoms with Gasteiger partial charge in [-0.2, -0.15) is 0 Å². The van der Waals surface area contributed by atoms with E-state index in [1.807, 2.05) is 0 Å². The van der Waals surface area contributed by atoms with Crippen molar-refractivity contribution in [3.8, 4) is 5.75 Å². The molecule has 0 heterocycles. The summed E-state index contributed by atoms with van der Waals surface area (Å²) in [4.78, 5) is 0. The maximum Gasteiger partial charge on any atom is 0.135 e. The fraction of sp³-hybridized carbons (Fsp3) is 0.200. The van der Waals surface area contributed by atoms with Gasteiger partial charge in [-0.25, -0.2) is 8.78 Å². The van der Waals surface area contributed by atoms with Crippen molar-refractivity contribution in [3.05, 3.63) is 63.7 Å². The predicted molar refractivity (Wildman–Crippen MR) is 73.2 cm³/mol. The summed E-state index contributed by atoms with van der Waals surface area (Å²) in [6.45, 7) is 1.71. The molecule has 2 aromatic carbocycles. The van der Waals surface area contributed by atoms with Gasteiger partial charge in [-0.05, 0) is 30.2 Å². The van der Waals surface area contributed by atoms with E-state index < -0.39 is 23.3 Å². The molecule has 0 saturated heterocycles. The third-order valence-electron chi connectivity index (χ3n) is 3.09. The molecule has 0 bridgehead atoms. The van der Waals surface area contributed by atoms with Gasteiger partial charge in [0.1, 0.15) is 23.5 Å². The average molecular weight is 299 g/mol. The molecule has 1 N–H and O–H groups in total. The summed E-state index contributed by atoms with van der Waals surface area (Å²) in [5.41, 5.74) is 0.646. The standard InChI is InChI=1S/C15H13ClF2O2/c1-8-5-9(16)3-4-11(8)15(19)14-12(17)6-10(20-2)7-13(14)18/h3-7,15,19H,1-2H3. The molecule has 5 heteroatoms. The zero-order valence-electron chi connectivity index (χ0n) is 11.0. The predicted octanol–water partition coefficient (Wildman–Crippen LogP) is 4.02. The van der Waals surface area contributed by atoms with Gasteiger partial charge in [-0.15, -0.1) is 0 Å². The van der Waals surface area contributed by atoms with Crippen LogP contribution >= 0.6 is 11.6 Å². The van der Waals surface area contributed by atoms with Crippen LogP contribution in [0.2, 0.25) is 5.02 Å². The number of ether oxygens (including phenoxy) is 1. The zero-order valence-corrected chi connectivity index (χ0v) is 11.7. The molecule has 106 valence electrons. The van der Waals surface area contributed by atoms with E-state index in [-0.39, 0.29) is 5.75 Å². The Kier molecular flexibility index (Phi) is 4.26. The van der Waals surface area contributed by atoms with Crippen LogP contribution in [-0.2, 0) is 0 Å². The second kappa shape index (κ2) is 5.77. The molecule has 0 aromatic heterocycles. The number of hydrogen-bond acceptors (Lipinski definition) is 2. The monoisotopic (exact) mass is 298 g/mol. The van der Waals surface area contributed by atoms with Crippen molar-refractivity contribution < 1.29 is 18.6 Å². The van der Waals surface area contributed by atoms with Gasteiger partial charge in [0.2, 0.25) is 0 Å². The first-order valence-corrected chi connectivity index (χ1v) is 6.29. The minimum atomic E-state index is -1.40. The highest BCUT2D eigenvalue weighted by Gasteiger charge is 2.22. The van der Waals surface area contributed by atoms with Crippen molar-refractivity contribution in [2.24, 2.45) is 0 Å². The molecule has 2 nitrogen and oxygen atoms in total. The van der Waals surface area contributed by atoms with Crippen LogP contribution < -0.4 is 4.74 Å². The highest BCUT2D eigenvalue weighted by atomic mass is 35.5. The molecule has 0 fully saturated rings. The Bertz CT molecular complexity index is 621. The highest BCUT2D eigenvalue weighted by Crippen LogP contribution is 2.32. The SMILES string of the molecule is COc1cc(F)c(C(O)c2ccc(Cl)cc2C)c(F)c1. The van der Waals surface area contributed by atoms with Gasteiger partial charge in [-0.3, -0.25) is 0 Å². The van der Waals surface area contributed by atoms with Crippen molar-refractivity contribution in [3.63, 3.8) is 0 Å². The van der Waals surface area contributed by atoms with E-state index in [0.29, 0.717) is 16.1 Å². The summed E-state index contributed by atoms with van der Waals surface area (Å²) in [6.07, 6.45) is -1.40. The van der Waals surface area contributed by atoms with Crippen molar-refractivity contribution in [2.45, 2.75) is 13.0 Å². The molecule has 0 aliphatic rings. The summed E-state index contributed by atoms with van der Waals surface area (Å²) in [5, 5.41) is 10.7. The Hall–Kier alpha value is -1.65. The first kappa shape index (κ1) is 14.8. The van der Waals surface area contributed by atoms with E-state index in [1.165, 1.54) is 7.11 Å². The molecule has 0 amide bonds. The van der Waals surface area contributed by atoms with E-state index in [9.17, 15) is 13.9 Å². The maximum atomic E-state index is 13.9. The lowest BCUT2D eigenvalue weighted by molar-refractivity contribution is 0.208. The molecule has 0 saturated carbocycles. The third kappa shape index (κ3) is 2.76. The molecule has 0 radical (unpaired) electrons. The molecular formula is C15H13ClF2O2. The fourth-order valence-electron chi connectivity index (χ4n) is 2.04. The number of hydrogen-bond donors (Lipinski definition) is 1. The largest absolute Gasteiger partial charge is 0.497 e. The van der Waals surface area contributed by atoms with Crippen molar-refractivity contribution >= 4 is 11.6 Å². The lowest BCUT2D eigenvalue weighted by Gasteiger charge is -2.16. The zero-order chi connectivity index (χ0) is 14.9. The van der Waals surface area contributed by atoms with E-state index in [1.54, 1.807) is 25.1 Å². The molecule has 20 heavy (non-hydrogen) atoms. The number of aryl methyl sites for hydroxylation is 1. The molecule has 1 atom stereocenters. The average Bonchev–Trinajstić information content (AvgIpc) is 2.37. The number of aliphatic hydroxyl groups excluding tert-OH is 1. The fourth-order valence-corrected chi connectivity index (χ4v) is 2.27. The number of rotatable bonds is 3. The normalized spacial score (nSPS) is 12.3.